The molecule has 0 atom stereocenters. The van der Waals surface area contributed by atoms with Gasteiger partial charge in [0.1, 0.15) is 0 Å². The van der Waals surface area contributed by atoms with E-state index < -0.39 is 0 Å². The predicted octanol–water partition coefficient (Wildman–Crippen LogP) is 2.12. The maximum Gasteiger partial charge on any atom is 0.220 e. The van der Waals surface area contributed by atoms with Gasteiger partial charge < -0.3 is 10.6 Å². The minimum Gasteiger partial charge on any atom is -0.371 e. The van der Waals surface area contributed by atoms with Gasteiger partial charge in [0.15, 0.2) is 0 Å². The van der Waals surface area contributed by atoms with Crippen molar-refractivity contribution in [3.8, 4) is 0 Å². The molecule has 1 aromatic carbocycles. The monoisotopic (exact) mass is 254 g/mol. The van der Waals surface area contributed by atoms with Crippen LogP contribution in [0.4, 0.5) is 5.69 Å². The number of para-hydroxylation sites is 1. The average molecular weight is 255 g/mol. The van der Waals surface area contributed by atoms with Crippen LogP contribution in [-0.4, -0.2) is 19.0 Å². The van der Waals surface area contributed by atoms with Crippen LogP contribution >= 0.6 is 12.4 Å². The minimum absolute atomic E-state index is 0. The summed E-state index contributed by atoms with van der Waals surface area (Å²) in [6.45, 7) is 3.98. The molecule has 17 heavy (non-hydrogen) atoms. The van der Waals surface area contributed by atoms with E-state index in [0.717, 1.165) is 25.9 Å². The average Bonchev–Trinajstić information content (AvgIpc) is 2.30. The van der Waals surface area contributed by atoms with E-state index in [9.17, 15) is 4.79 Å². The van der Waals surface area contributed by atoms with E-state index in [4.69, 9.17) is 5.73 Å². The van der Waals surface area contributed by atoms with Crippen molar-refractivity contribution in [2.24, 2.45) is 11.7 Å². The number of amides is 1. The van der Waals surface area contributed by atoms with Gasteiger partial charge in [-0.15, -0.1) is 12.4 Å². The fourth-order valence-corrected chi connectivity index (χ4v) is 2.32. The van der Waals surface area contributed by atoms with Crippen molar-refractivity contribution >= 4 is 24.0 Å². The molecule has 4 heteroatoms. The molecule has 2 rings (SSSR count). The molecule has 3 nitrogen and oxygen atoms in total. The normalized spacial score (nSPS) is 16.4. The molecule has 1 amide bonds. The quantitative estimate of drug-likeness (QED) is 0.879. The first kappa shape index (κ1) is 13.8. The third-order valence-corrected chi connectivity index (χ3v) is 3.35. The Morgan fingerprint density at radius 2 is 1.88 bits per heavy atom. The highest BCUT2D eigenvalue weighted by atomic mass is 35.5. The molecule has 1 aliphatic rings. The third-order valence-electron chi connectivity index (χ3n) is 3.35. The lowest BCUT2D eigenvalue weighted by Gasteiger charge is -2.33. The number of carbonyl (C=O) groups is 1. The van der Waals surface area contributed by atoms with Crippen LogP contribution < -0.4 is 10.6 Å². The zero-order valence-corrected chi connectivity index (χ0v) is 10.9. The summed E-state index contributed by atoms with van der Waals surface area (Å²) in [6, 6.07) is 8.37. The van der Waals surface area contributed by atoms with E-state index in [0.29, 0.717) is 0 Å². The summed E-state index contributed by atoms with van der Waals surface area (Å²) < 4.78 is 0. The van der Waals surface area contributed by atoms with Gasteiger partial charge in [-0.25, -0.2) is 0 Å². The molecule has 1 aliphatic heterocycles. The molecule has 1 aromatic rings. The van der Waals surface area contributed by atoms with Crippen molar-refractivity contribution in [1.82, 2.24) is 0 Å². The Hall–Kier alpha value is -1.22. The Morgan fingerprint density at radius 3 is 2.41 bits per heavy atom. The maximum atomic E-state index is 11.1. The summed E-state index contributed by atoms with van der Waals surface area (Å²) in [7, 11) is 0. The Balaban J connectivity index is 0.00000144. The molecule has 1 saturated heterocycles. The lowest BCUT2D eigenvalue weighted by atomic mass is 9.95. The first-order chi connectivity index (χ1) is 7.68. The molecular weight excluding hydrogens is 236 g/mol. The van der Waals surface area contributed by atoms with E-state index in [1.54, 1.807) is 0 Å². The van der Waals surface area contributed by atoms with Crippen LogP contribution in [0.5, 0.6) is 0 Å². The number of primary amides is 1. The van der Waals surface area contributed by atoms with E-state index in [1.165, 1.54) is 11.3 Å². The topological polar surface area (TPSA) is 46.3 Å². The third kappa shape index (κ3) is 3.13. The van der Waals surface area contributed by atoms with E-state index in [2.05, 4.69) is 36.1 Å². The van der Waals surface area contributed by atoms with Crippen molar-refractivity contribution < 1.29 is 4.79 Å². The van der Waals surface area contributed by atoms with Gasteiger partial charge >= 0.3 is 0 Å². The van der Waals surface area contributed by atoms with Gasteiger partial charge in [-0.2, -0.15) is 0 Å². The number of aryl methyl sites for hydroxylation is 1. The highest BCUT2D eigenvalue weighted by Gasteiger charge is 2.23. The number of nitrogens with zero attached hydrogens (tertiary/aromatic N) is 1. The number of carbonyl (C=O) groups excluding carboxylic acids is 1. The van der Waals surface area contributed by atoms with Gasteiger partial charge in [0.2, 0.25) is 5.91 Å². The van der Waals surface area contributed by atoms with Gasteiger partial charge in [0, 0.05) is 24.7 Å². The lowest BCUT2D eigenvalue weighted by Crippen LogP contribution is -2.38. The summed E-state index contributed by atoms with van der Waals surface area (Å²) in [5, 5.41) is 0. The zero-order valence-electron chi connectivity index (χ0n) is 10.1. The first-order valence-electron chi connectivity index (χ1n) is 5.78. The predicted molar refractivity (Wildman–Crippen MR) is 72.6 cm³/mol. The number of hydrogen-bond donors (Lipinski definition) is 1. The van der Waals surface area contributed by atoms with Crippen molar-refractivity contribution in [1.29, 1.82) is 0 Å². The summed E-state index contributed by atoms with van der Waals surface area (Å²) in [4.78, 5) is 13.4. The van der Waals surface area contributed by atoms with Crippen molar-refractivity contribution in [2.75, 3.05) is 18.0 Å². The number of halogens is 1. The molecule has 1 fully saturated rings. The highest BCUT2D eigenvalue weighted by molar-refractivity contribution is 5.85. The molecule has 2 N–H and O–H groups in total. The molecule has 0 unspecified atom stereocenters. The van der Waals surface area contributed by atoms with Gasteiger partial charge in [-0.05, 0) is 31.4 Å². The van der Waals surface area contributed by atoms with E-state index in [-0.39, 0.29) is 24.2 Å². The van der Waals surface area contributed by atoms with Crippen LogP contribution in [-0.2, 0) is 4.79 Å². The summed E-state index contributed by atoms with van der Waals surface area (Å²) in [5.74, 6) is -0.0790. The molecule has 0 bridgehead atoms. The smallest absolute Gasteiger partial charge is 0.220 e. The Bertz CT molecular complexity index is 387. The highest BCUT2D eigenvalue weighted by Crippen LogP contribution is 2.25. The number of rotatable bonds is 2. The second kappa shape index (κ2) is 5.92. The lowest BCUT2D eigenvalue weighted by molar-refractivity contribution is -0.122. The summed E-state index contributed by atoms with van der Waals surface area (Å²) >= 11 is 0. The molecule has 0 aliphatic carbocycles. The number of benzene rings is 1. The molecular formula is C13H19ClN2O. The van der Waals surface area contributed by atoms with Crippen LogP contribution in [0.1, 0.15) is 18.4 Å². The van der Waals surface area contributed by atoms with Gasteiger partial charge in [0.05, 0.1) is 0 Å². The first-order valence-corrected chi connectivity index (χ1v) is 5.78. The van der Waals surface area contributed by atoms with Gasteiger partial charge in [-0.1, -0.05) is 18.2 Å². The number of piperidine rings is 1. The SMILES string of the molecule is Cc1ccccc1N1CCC(C(N)=O)CC1.Cl. The van der Waals surface area contributed by atoms with Crippen molar-refractivity contribution in [3.63, 3.8) is 0 Å². The summed E-state index contributed by atoms with van der Waals surface area (Å²) in [5.41, 5.74) is 7.90. The Labute approximate surface area is 108 Å². The molecule has 0 radical (unpaired) electrons. The fourth-order valence-electron chi connectivity index (χ4n) is 2.32. The van der Waals surface area contributed by atoms with Gasteiger partial charge in [-0.3, -0.25) is 4.79 Å². The van der Waals surface area contributed by atoms with Crippen molar-refractivity contribution in [3.05, 3.63) is 29.8 Å². The molecule has 0 saturated carbocycles. The Morgan fingerprint density at radius 1 is 1.29 bits per heavy atom. The van der Waals surface area contributed by atoms with E-state index >= 15 is 0 Å². The summed E-state index contributed by atoms with van der Waals surface area (Å²) in [6.07, 6.45) is 1.76. The van der Waals surface area contributed by atoms with Crippen molar-refractivity contribution in [2.45, 2.75) is 19.8 Å². The minimum atomic E-state index is -0.149. The number of anilines is 1. The van der Waals surface area contributed by atoms with Crippen LogP contribution in [0.25, 0.3) is 0 Å². The number of nitrogens with two attached hydrogens (primary N) is 1. The zero-order chi connectivity index (χ0) is 11.5. The Kier molecular flexibility index (Phi) is 4.82. The van der Waals surface area contributed by atoms with Crippen LogP contribution in [0.2, 0.25) is 0 Å². The largest absolute Gasteiger partial charge is 0.371 e. The molecule has 1 heterocycles. The second-order valence-electron chi connectivity index (χ2n) is 4.45. The van der Waals surface area contributed by atoms with Crippen LogP contribution in [0.3, 0.4) is 0 Å². The molecule has 0 aromatic heterocycles. The molecule has 94 valence electrons. The fraction of sp³-hybridized carbons (Fsp3) is 0.462. The van der Waals surface area contributed by atoms with Gasteiger partial charge in [0.25, 0.3) is 0 Å². The van der Waals surface area contributed by atoms with Crippen LogP contribution in [0.15, 0.2) is 24.3 Å². The standard InChI is InChI=1S/C13H18N2O.ClH/c1-10-4-2-3-5-12(10)15-8-6-11(7-9-15)13(14)16;/h2-5,11H,6-9H2,1H3,(H2,14,16);1H. The van der Waals surface area contributed by atoms with Crippen LogP contribution in [0, 0.1) is 12.8 Å². The van der Waals surface area contributed by atoms with E-state index in [1.807, 2.05) is 0 Å². The maximum absolute atomic E-state index is 11.1. The molecule has 0 spiro atoms. The number of hydrogen-bond acceptors (Lipinski definition) is 2. The second-order valence-corrected chi connectivity index (χ2v) is 4.45.